The van der Waals surface area contributed by atoms with E-state index in [-0.39, 0.29) is 24.6 Å². The second-order valence-corrected chi connectivity index (χ2v) is 12.6. The lowest BCUT2D eigenvalue weighted by atomic mass is 9.87. The predicted molar refractivity (Wildman–Crippen MR) is 175 cm³/mol. The molecule has 8 nitrogen and oxygen atoms in total. The van der Waals surface area contributed by atoms with Crippen LogP contribution in [-0.2, 0) is 18.9 Å². The summed E-state index contributed by atoms with van der Waals surface area (Å²) in [6.07, 6.45) is 1.22. The molecular weight excluding hydrogens is 584 g/mol. The predicted octanol–water partition coefficient (Wildman–Crippen LogP) is 6.91. The number of ether oxygens (including phenoxy) is 8. The Kier molecular flexibility index (Phi) is 6.19. The van der Waals surface area contributed by atoms with Gasteiger partial charge >= 0.3 is 0 Å². The van der Waals surface area contributed by atoms with Gasteiger partial charge in [0.25, 0.3) is 0 Å². The zero-order valence-electron chi connectivity index (χ0n) is 25.2. The highest BCUT2D eigenvalue weighted by Crippen LogP contribution is 2.46. The fourth-order valence-electron chi connectivity index (χ4n) is 6.55. The SMILES string of the molecule is c1cc2c(cc1OCC1CO1)c1cc(OCC3CO3)ccc1c1c3ccc(OC4CCO4)cc3c3cc(OCC4CO4)ccc3c21. The van der Waals surface area contributed by atoms with E-state index in [1.807, 2.05) is 0 Å². The summed E-state index contributed by atoms with van der Waals surface area (Å²) in [6.45, 7) is 4.64. The molecule has 4 saturated heterocycles. The number of hydrogen-bond donors (Lipinski definition) is 0. The van der Waals surface area contributed by atoms with Crippen LogP contribution in [0.4, 0.5) is 0 Å². The molecule has 4 unspecified atom stereocenters. The zero-order chi connectivity index (χ0) is 30.2. The Labute approximate surface area is 264 Å². The van der Waals surface area contributed by atoms with Crippen LogP contribution in [0.2, 0.25) is 0 Å². The summed E-state index contributed by atoms with van der Waals surface area (Å²) < 4.78 is 46.5. The van der Waals surface area contributed by atoms with Crippen molar-refractivity contribution in [2.24, 2.45) is 0 Å². The van der Waals surface area contributed by atoms with Gasteiger partial charge in [0.1, 0.15) is 61.1 Å². The molecule has 8 heteroatoms. The molecule has 0 aromatic heterocycles. The quantitative estimate of drug-likeness (QED) is 0.115. The Balaban J connectivity index is 1.24. The van der Waals surface area contributed by atoms with Gasteiger partial charge in [0.2, 0.25) is 6.29 Å². The minimum Gasteiger partial charge on any atom is -0.491 e. The van der Waals surface area contributed by atoms with Gasteiger partial charge in [-0.2, -0.15) is 0 Å². The van der Waals surface area contributed by atoms with Gasteiger partial charge in [0.15, 0.2) is 0 Å². The maximum atomic E-state index is 6.20. The first-order valence-corrected chi connectivity index (χ1v) is 16.1. The van der Waals surface area contributed by atoms with E-state index in [1.165, 1.54) is 10.8 Å². The van der Waals surface area contributed by atoms with Crippen LogP contribution in [0.15, 0.2) is 72.8 Å². The Morgan fingerprint density at radius 1 is 0.457 bits per heavy atom. The maximum Gasteiger partial charge on any atom is 0.202 e. The molecule has 0 saturated carbocycles. The molecule has 0 radical (unpaired) electrons. The van der Waals surface area contributed by atoms with Crippen molar-refractivity contribution in [2.45, 2.75) is 31.0 Å². The Bertz CT molecular complexity index is 2160. The van der Waals surface area contributed by atoms with Gasteiger partial charge in [0.05, 0.1) is 26.4 Å². The first-order chi connectivity index (χ1) is 22.7. The number of benzene rings is 6. The van der Waals surface area contributed by atoms with Gasteiger partial charge in [-0.3, -0.25) is 0 Å². The lowest BCUT2D eigenvalue weighted by Crippen LogP contribution is -2.32. The minimum atomic E-state index is -0.200. The van der Waals surface area contributed by atoms with Crippen LogP contribution in [-0.4, -0.2) is 70.9 Å². The molecule has 10 rings (SSSR count). The van der Waals surface area contributed by atoms with Crippen LogP contribution in [0.25, 0.3) is 53.9 Å². The first-order valence-electron chi connectivity index (χ1n) is 16.1. The topological polar surface area (TPSA) is 83.7 Å². The van der Waals surface area contributed by atoms with Crippen LogP contribution in [0.3, 0.4) is 0 Å². The van der Waals surface area contributed by atoms with Crippen molar-refractivity contribution in [1.82, 2.24) is 0 Å². The third kappa shape index (κ3) is 4.93. The minimum absolute atomic E-state index is 0.176. The molecule has 4 fully saturated rings. The fourth-order valence-corrected chi connectivity index (χ4v) is 6.55. The monoisotopic (exact) mass is 616 g/mol. The summed E-state index contributed by atoms with van der Waals surface area (Å²) in [7, 11) is 0. The second-order valence-electron chi connectivity index (χ2n) is 12.6. The number of rotatable bonds is 11. The Hall–Kier alpha value is -4.34. The van der Waals surface area contributed by atoms with Crippen LogP contribution in [0.1, 0.15) is 6.42 Å². The summed E-state index contributed by atoms with van der Waals surface area (Å²) in [5.74, 6) is 3.26. The Morgan fingerprint density at radius 2 is 0.804 bits per heavy atom. The van der Waals surface area contributed by atoms with E-state index in [0.717, 1.165) is 98.9 Å². The molecule has 6 aromatic rings. The summed E-state index contributed by atoms with van der Waals surface area (Å²) in [4.78, 5) is 0. The summed E-state index contributed by atoms with van der Waals surface area (Å²) in [5.41, 5.74) is 0. The Morgan fingerprint density at radius 3 is 1.13 bits per heavy atom. The molecule has 46 heavy (non-hydrogen) atoms. The standard InChI is InChI=1S/C38H32O8/c1-5-28-32(11-21(1)40-15-25-18-43-25)33-12-22(41-16-26-19-44-26)2-6-29(33)38-31-8-4-24(46-36-9-10-39-36)14-35(31)34-13-23(42-17-27-20-45-27)3-7-30(34)37(28)38/h1-8,11-14,25-27,36H,9-10,15-20H2. The highest BCUT2D eigenvalue weighted by molar-refractivity contribution is 6.39. The second kappa shape index (κ2) is 10.6. The number of fused-ring (bicyclic) bond motifs is 11. The van der Waals surface area contributed by atoms with Crippen LogP contribution in [0, 0.1) is 0 Å². The molecule has 4 heterocycles. The molecule has 4 aliphatic heterocycles. The summed E-state index contributed by atoms with van der Waals surface area (Å²) >= 11 is 0. The van der Waals surface area contributed by atoms with E-state index < -0.39 is 0 Å². The normalized spacial score (nSPS) is 23.1. The van der Waals surface area contributed by atoms with E-state index in [1.54, 1.807) is 0 Å². The third-order valence-corrected chi connectivity index (χ3v) is 9.31. The van der Waals surface area contributed by atoms with Crippen LogP contribution >= 0.6 is 0 Å². The van der Waals surface area contributed by atoms with E-state index in [2.05, 4.69) is 72.8 Å². The van der Waals surface area contributed by atoms with Crippen molar-refractivity contribution >= 4 is 53.9 Å². The molecule has 4 atom stereocenters. The number of epoxide rings is 3. The van der Waals surface area contributed by atoms with Gasteiger partial charge < -0.3 is 37.9 Å². The molecule has 0 amide bonds. The summed E-state index contributed by atoms with van der Waals surface area (Å²) in [6, 6.07) is 25.6. The van der Waals surface area contributed by atoms with Gasteiger partial charge in [0, 0.05) is 6.42 Å². The smallest absolute Gasteiger partial charge is 0.202 e. The average Bonchev–Trinajstić information content (AvgIpc) is 3.91. The maximum absolute atomic E-state index is 6.20. The van der Waals surface area contributed by atoms with Crippen LogP contribution in [0.5, 0.6) is 23.0 Å². The molecule has 0 aliphatic carbocycles. The molecule has 6 aromatic carbocycles. The molecule has 0 bridgehead atoms. The van der Waals surface area contributed by atoms with Gasteiger partial charge in [-0.1, -0.05) is 24.3 Å². The highest BCUT2D eigenvalue weighted by atomic mass is 16.7. The molecule has 4 aliphatic rings. The molecule has 0 N–H and O–H groups in total. The average molecular weight is 617 g/mol. The highest BCUT2D eigenvalue weighted by Gasteiger charge is 2.26. The van der Waals surface area contributed by atoms with E-state index in [9.17, 15) is 0 Å². The van der Waals surface area contributed by atoms with Crippen LogP contribution < -0.4 is 18.9 Å². The van der Waals surface area contributed by atoms with Crippen molar-refractivity contribution in [3.63, 3.8) is 0 Å². The van der Waals surface area contributed by atoms with Crippen molar-refractivity contribution in [2.75, 3.05) is 46.2 Å². The summed E-state index contributed by atoms with van der Waals surface area (Å²) in [5, 5.41) is 11.4. The van der Waals surface area contributed by atoms with Crippen molar-refractivity contribution in [3.05, 3.63) is 72.8 Å². The van der Waals surface area contributed by atoms with Gasteiger partial charge in [-0.25, -0.2) is 0 Å². The van der Waals surface area contributed by atoms with Crippen molar-refractivity contribution < 1.29 is 37.9 Å². The number of hydrogen-bond acceptors (Lipinski definition) is 8. The first kappa shape index (κ1) is 26.8. The van der Waals surface area contributed by atoms with E-state index in [0.29, 0.717) is 19.8 Å². The van der Waals surface area contributed by atoms with E-state index in [4.69, 9.17) is 37.9 Å². The molecule has 232 valence electrons. The van der Waals surface area contributed by atoms with Gasteiger partial charge in [-0.05, 0) is 102 Å². The van der Waals surface area contributed by atoms with Crippen molar-refractivity contribution in [1.29, 1.82) is 0 Å². The fraction of sp³-hybridized carbons (Fsp3) is 0.316. The molecular formula is C38H32O8. The lowest BCUT2D eigenvalue weighted by Gasteiger charge is -2.27. The lowest BCUT2D eigenvalue weighted by molar-refractivity contribution is -0.165. The van der Waals surface area contributed by atoms with Gasteiger partial charge in [-0.15, -0.1) is 0 Å². The van der Waals surface area contributed by atoms with Crippen molar-refractivity contribution in [3.8, 4) is 23.0 Å². The van der Waals surface area contributed by atoms with E-state index >= 15 is 0 Å². The zero-order valence-corrected chi connectivity index (χ0v) is 25.2. The molecule has 0 spiro atoms. The largest absolute Gasteiger partial charge is 0.491 e. The third-order valence-electron chi connectivity index (χ3n) is 9.31.